The van der Waals surface area contributed by atoms with Gasteiger partial charge in [0.1, 0.15) is 6.26 Å². The fourth-order valence-electron chi connectivity index (χ4n) is 3.00. The Morgan fingerprint density at radius 3 is 2.81 bits per heavy atom. The van der Waals surface area contributed by atoms with Gasteiger partial charge in [-0.1, -0.05) is 30.3 Å². The van der Waals surface area contributed by atoms with Crippen LogP contribution in [-0.2, 0) is 25.6 Å². The Kier molecular flexibility index (Phi) is 6.05. The number of nitrogens with zero attached hydrogens (tertiary/aromatic N) is 2. The third-order valence-corrected chi connectivity index (χ3v) is 4.77. The Labute approximate surface area is 152 Å². The Morgan fingerprint density at radius 1 is 1.38 bits per heavy atom. The van der Waals surface area contributed by atoms with Crippen LogP contribution in [-0.4, -0.2) is 49.2 Å². The van der Waals surface area contributed by atoms with Crippen LogP contribution in [0.2, 0.25) is 0 Å². The van der Waals surface area contributed by atoms with E-state index in [1.165, 1.54) is 12.5 Å². The SMILES string of the molecule is CS(=O)(=O)OC(c1ncco1)C1CCN(C(O)OCc2ccccc2)C1. The van der Waals surface area contributed by atoms with Crippen LogP contribution in [0.15, 0.2) is 47.2 Å². The first-order valence-corrected chi connectivity index (χ1v) is 10.1. The first-order valence-electron chi connectivity index (χ1n) is 8.27. The molecule has 0 radical (unpaired) electrons. The predicted octanol–water partition coefficient (Wildman–Crippen LogP) is 1.51. The minimum absolute atomic E-state index is 0.196. The lowest BCUT2D eigenvalue weighted by atomic mass is 10.0. The minimum atomic E-state index is -3.68. The maximum atomic E-state index is 11.6. The number of aliphatic hydroxyl groups is 1. The van der Waals surface area contributed by atoms with E-state index in [0.717, 1.165) is 11.8 Å². The molecule has 8 nitrogen and oxygen atoms in total. The van der Waals surface area contributed by atoms with E-state index in [-0.39, 0.29) is 18.4 Å². The highest BCUT2D eigenvalue weighted by Crippen LogP contribution is 2.34. The van der Waals surface area contributed by atoms with E-state index >= 15 is 0 Å². The van der Waals surface area contributed by atoms with Gasteiger partial charge in [-0.2, -0.15) is 8.42 Å². The lowest BCUT2D eigenvalue weighted by Gasteiger charge is -2.24. The van der Waals surface area contributed by atoms with E-state index in [0.29, 0.717) is 19.5 Å². The van der Waals surface area contributed by atoms with Gasteiger partial charge in [-0.25, -0.2) is 4.98 Å². The molecule has 0 amide bonds. The van der Waals surface area contributed by atoms with Gasteiger partial charge < -0.3 is 14.3 Å². The molecule has 0 aliphatic carbocycles. The Bertz CT molecular complexity index is 781. The van der Waals surface area contributed by atoms with Crippen molar-refractivity contribution in [2.24, 2.45) is 5.92 Å². The zero-order chi connectivity index (χ0) is 18.6. The van der Waals surface area contributed by atoms with Crippen LogP contribution in [0.3, 0.4) is 0 Å². The highest BCUT2D eigenvalue weighted by Gasteiger charge is 2.38. The molecule has 1 aliphatic heterocycles. The molecule has 142 valence electrons. The van der Waals surface area contributed by atoms with Crippen molar-refractivity contribution in [3.05, 3.63) is 54.2 Å². The van der Waals surface area contributed by atoms with Crippen LogP contribution in [0.1, 0.15) is 24.0 Å². The van der Waals surface area contributed by atoms with Crippen LogP contribution in [0.25, 0.3) is 0 Å². The number of benzene rings is 1. The molecule has 1 aliphatic rings. The largest absolute Gasteiger partial charge is 0.446 e. The average molecular weight is 382 g/mol. The van der Waals surface area contributed by atoms with Crippen LogP contribution >= 0.6 is 0 Å². The summed E-state index contributed by atoms with van der Waals surface area (Å²) in [5.74, 6) is 0.0142. The molecule has 2 heterocycles. The molecule has 3 unspecified atom stereocenters. The van der Waals surface area contributed by atoms with E-state index in [1.54, 1.807) is 4.90 Å². The normalized spacial score (nSPS) is 20.9. The summed E-state index contributed by atoms with van der Waals surface area (Å²) >= 11 is 0. The summed E-state index contributed by atoms with van der Waals surface area (Å²) < 4.78 is 39.1. The van der Waals surface area contributed by atoms with Crippen molar-refractivity contribution >= 4 is 10.1 Å². The molecule has 0 bridgehead atoms. The molecule has 1 N–H and O–H groups in total. The fourth-order valence-corrected chi connectivity index (χ4v) is 3.61. The quantitative estimate of drug-likeness (QED) is 0.541. The number of ether oxygens (including phenoxy) is 1. The van der Waals surface area contributed by atoms with Gasteiger partial charge in [0.05, 0.1) is 19.1 Å². The second-order valence-corrected chi connectivity index (χ2v) is 7.86. The highest BCUT2D eigenvalue weighted by molar-refractivity contribution is 7.86. The molecule has 26 heavy (non-hydrogen) atoms. The zero-order valence-electron chi connectivity index (χ0n) is 14.4. The van der Waals surface area contributed by atoms with Crippen LogP contribution in [0, 0.1) is 5.92 Å². The Hall–Kier alpha value is -1.78. The van der Waals surface area contributed by atoms with Gasteiger partial charge in [0.15, 0.2) is 6.10 Å². The number of hydrogen-bond donors (Lipinski definition) is 1. The molecule has 1 fully saturated rings. The average Bonchev–Trinajstić information content (AvgIpc) is 3.29. The Balaban J connectivity index is 1.60. The van der Waals surface area contributed by atoms with Crippen molar-refractivity contribution in [2.75, 3.05) is 19.3 Å². The molecule has 0 saturated carbocycles. The van der Waals surface area contributed by atoms with Gasteiger partial charge in [0.25, 0.3) is 10.1 Å². The monoisotopic (exact) mass is 382 g/mol. The summed E-state index contributed by atoms with van der Waals surface area (Å²) in [6.45, 7) is 1.23. The van der Waals surface area contributed by atoms with Crippen molar-refractivity contribution in [2.45, 2.75) is 25.5 Å². The summed E-state index contributed by atoms with van der Waals surface area (Å²) in [7, 11) is -3.68. The molecule has 3 atom stereocenters. The van der Waals surface area contributed by atoms with E-state index in [9.17, 15) is 13.5 Å². The first-order chi connectivity index (χ1) is 12.4. The van der Waals surface area contributed by atoms with E-state index in [2.05, 4.69) is 4.98 Å². The number of oxazole rings is 1. The van der Waals surface area contributed by atoms with Crippen molar-refractivity contribution in [1.29, 1.82) is 0 Å². The van der Waals surface area contributed by atoms with Crippen LogP contribution < -0.4 is 0 Å². The van der Waals surface area contributed by atoms with Crippen LogP contribution in [0.5, 0.6) is 0 Å². The highest BCUT2D eigenvalue weighted by atomic mass is 32.2. The van der Waals surface area contributed by atoms with E-state index in [4.69, 9.17) is 13.3 Å². The number of rotatable bonds is 8. The zero-order valence-corrected chi connectivity index (χ0v) is 15.2. The number of hydrogen-bond acceptors (Lipinski definition) is 8. The molecule has 1 aromatic heterocycles. The summed E-state index contributed by atoms with van der Waals surface area (Å²) in [5.41, 5.74) is 0.959. The molecule has 9 heteroatoms. The second-order valence-electron chi connectivity index (χ2n) is 6.26. The van der Waals surface area contributed by atoms with Crippen LogP contribution in [0.4, 0.5) is 0 Å². The maximum Gasteiger partial charge on any atom is 0.265 e. The summed E-state index contributed by atoms with van der Waals surface area (Å²) in [6.07, 6.45) is 2.52. The number of aliphatic hydroxyl groups excluding tert-OH is 1. The number of aromatic nitrogens is 1. The topological polar surface area (TPSA) is 102 Å². The van der Waals surface area contributed by atoms with Gasteiger partial charge in [-0.15, -0.1) is 0 Å². The maximum absolute atomic E-state index is 11.6. The summed E-state index contributed by atoms with van der Waals surface area (Å²) in [5, 5.41) is 10.3. The third-order valence-electron chi connectivity index (χ3n) is 4.21. The minimum Gasteiger partial charge on any atom is -0.446 e. The molecule has 1 saturated heterocycles. The molecular formula is C17H22N2O6S. The van der Waals surface area contributed by atoms with Gasteiger partial charge >= 0.3 is 0 Å². The van der Waals surface area contributed by atoms with Gasteiger partial charge in [-0.3, -0.25) is 9.08 Å². The summed E-state index contributed by atoms with van der Waals surface area (Å²) in [4.78, 5) is 5.75. The standard InChI is InChI=1S/C17H22N2O6S/c1-26(21,22)25-15(16-18-8-10-23-16)14-7-9-19(11-14)17(20)24-12-13-5-3-2-4-6-13/h2-6,8,10,14-15,17,20H,7,9,11-12H2,1H3. The van der Waals surface area contributed by atoms with Crippen molar-refractivity contribution < 1.29 is 26.9 Å². The van der Waals surface area contributed by atoms with Crippen molar-refractivity contribution in [3.8, 4) is 0 Å². The lowest BCUT2D eigenvalue weighted by Crippen LogP contribution is -2.36. The van der Waals surface area contributed by atoms with E-state index < -0.39 is 22.6 Å². The summed E-state index contributed by atoms with van der Waals surface area (Å²) in [6, 6.07) is 9.55. The smallest absolute Gasteiger partial charge is 0.265 e. The van der Waals surface area contributed by atoms with Crippen molar-refractivity contribution in [3.63, 3.8) is 0 Å². The molecule has 1 aromatic carbocycles. The van der Waals surface area contributed by atoms with Gasteiger partial charge in [0.2, 0.25) is 12.3 Å². The lowest BCUT2D eigenvalue weighted by molar-refractivity contribution is -0.194. The van der Waals surface area contributed by atoms with E-state index in [1.807, 2.05) is 30.3 Å². The van der Waals surface area contributed by atoms with Crippen molar-refractivity contribution in [1.82, 2.24) is 9.88 Å². The molecule has 3 rings (SSSR count). The second kappa shape index (κ2) is 8.28. The van der Waals surface area contributed by atoms with Gasteiger partial charge in [-0.05, 0) is 12.0 Å². The fraction of sp³-hybridized carbons (Fsp3) is 0.471. The molecule has 2 aromatic rings. The molecule has 0 spiro atoms. The van der Waals surface area contributed by atoms with Gasteiger partial charge in [0, 0.05) is 19.0 Å². The third kappa shape index (κ3) is 5.12. The Morgan fingerprint density at radius 2 is 2.15 bits per heavy atom. The molecular weight excluding hydrogens is 360 g/mol. The number of likely N-dealkylation sites (tertiary alicyclic amines) is 1. The predicted molar refractivity (Wildman–Crippen MR) is 92.1 cm³/mol. The first kappa shape index (κ1) is 19.0.